The van der Waals surface area contributed by atoms with E-state index in [2.05, 4.69) is 33.3 Å². The smallest absolute Gasteiger partial charge is 0.245 e. The second-order valence-electron chi connectivity index (χ2n) is 9.40. The molecule has 3 aromatic rings. The van der Waals surface area contributed by atoms with Crippen LogP contribution < -0.4 is 4.90 Å². The standard InChI is InChI=1S/C23H24F2N6O/c1-22-6-7-23(2,13-22)20(25)18(9-22)30(3)21-26-11-17(28-29-21)16-5-4-15(8-19(16)32)31-12-14(24)10-27-31/h4-8,10-12,18,20,32H,9,13H2,1-3H3/t18-,20-,22-,23-/m0/s1. The lowest BCUT2D eigenvalue weighted by Crippen LogP contribution is -2.52. The fourth-order valence-corrected chi connectivity index (χ4v) is 5.09. The predicted octanol–water partition coefficient (Wildman–Crippen LogP) is 4.09. The van der Waals surface area contributed by atoms with Crippen LogP contribution >= 0.6 is 0 Å². The van der Waals surface area contributed by atoms with Gasteiger partial charge in [0.15, 0.2) is 5.82 Å². The Hall–Kier alpha value is -3.36. The summed E-state index contributed by atoms with van der Waals surface area (Å²) in [5, 5.41) is 22.8. The van der Waals surface area contributed by atoms with Gasteiger partial charge in [0.2, 0.25) is 5.95 Å². The summed E-state index contributed by atoms with van der Waals surface area (Å²) in [6.07, 6.45) is 8.41. The lowest BCUT2D eigenvalue weighted by Gasteiger charge is -2.46. The zero-order chi connectivity index (χ0) is 22.7. The fraction of sp³-hybridized carbons (Fsp3) is 0.391. The van der Waals surface area contributed by atoms with Gasteiger partial charge in [0.25, 0.3) is 0 Å². The monoisotopic (exact) mass is 438 g/mol. The van der Waals surface area contributed by atoms with Gasteiger partial charge >= 0.3 is 0 Å². The molecule has 166 valence electrons. The number of fused-ring (bicyclic) bond motifs is 2. The van der Waals surface area contributed by atoms with Crippen LogP contribution in [0.4, 0.5) is 14.7 Å². The van der Waals surface area contributed by atoms with Crippen molar-refractivity contribution in [2.45, 2.75) is 38.9 Å². The van der Waals surface area contributed by atoms with E-state index in [0.29, 0.717) is 29.3 Å². The van der Waals surface area contributed by atoms with Gasteiger partial charge in [-0.1, -0.05) is 26.0 Å². The summed E-state index contributed by atoms with van der Waals surface area (Å²) >= 11 is 0. The number of alkyl halides is 1. The van der Waals surface area contributed by atoms with Crippen LogP contribution in [0.3, 0.4) is 0 Å². The molecule has 0 spiro atoms. The van der Waals surface area contributed by atoms with Gasteiger partial charge in [-0.25, -0.2) is 18.4 Å². The minimum absolute atomic E-state index is 0.0331. The van der Waals surface area contributed by atoms with Crippen LogP contribution in [-0.2, 0) is 0 Å². The number of rotatable bonds is 4. The van der Waals surface area contributed by atoms with Crippen LogP contribution in [-0.4, -0.2) is 49.3 Å². The third-order valence-corrected chi connectivity index (χ3v) is 6.73. The van der Waals surface area contributed by atoms with Crippen molar-refractivity contribution in [2.75, 3.05) is 11.9 Å². The molecule has 2 aliphatic rings. The zero-order valence-electron chi connectivity index (χ0n) is 18.1. The Labute approximate surface area is 184 Å². The number of benzene rings is 1. The van der Waals surface area contributed by atoms with Gasteiger partial charge in [0.1, 0.15) is 17.6 Å². The molecule has 0 saturated heterocycles. The highest BCUT2D eigenvalue weighted by molar-refractivity contribution is 5.68. The summed E-state index contributed by atoms with van der Waals surface area (Å²) in [6, 6.07) is 4.43. The number of phenols is 1. The molecule has 0 amide bonds. The zero-order valence-corrected chi connectivity index (χ0v) is 18.1. The fourth-order valence-electron chi connectivity index (χ4n) is 5.09. The lowest BCUT2D eigenvalue weighted by molar-refractivity contribution is 0.0544. The van der Waals surface area contributed by atoms with Crippen LogP contribution in [0, 0.1) is 16.6 Å². The average molecular weight is 438 g/mol. The number of phenolic OH excluding ortho intramolecular Hbond substituents is 1. The van der Waals surface area contributed by atoms with Crippen LogP contribution in [0.2, 0.25) is 0 Å². The first-order valence-corrected chi connectivity index (χ1v) is 10.5. The number of anilines is 1. The van der Waals surface area contributed by atoms with E-state index < -0.39 is 17.4 Å². The number of hydrogen-bond acceptors (Lipinski definition) is 6. The third kappa shape index (κ3) is 3.32. The molecule has 0 aliphatic heterocycles. The number of nitrogens with zero attached hydrogens (tertiary/aromatic N) is 6. The molecule has 2 bridgehead atoms. The van der Waals surface area contributed by atoms with Gasteiger partial charge in [0, 0.05) is 24.1 Å². The van der Waals surface area contributed by atoms with Gasteiger partial charge in [-0.2, -0.15) is 5.10 Å². The molecule has 0 unspecified atom stereocenters. The first-order valence-electron chi connectivity index (χ1n) is 10.5. The molecular weight excluding hydrogens is 414 g/mol. The molecule has 7 nitrogen and oxygen atoms in total. The predicted molar refractivity (Wildman–Crippen MR) is 116 cm³/mol. The summed E-state index contributed by atoms with van der Waals surface area (Å²) < 4.78 is 29.9. The maximum absolute atomic E-state index is 15.4. The van der Waals surface area contributed by atoms with Crippen molar-refractivity contribution >= 4 is 5.95 Å². The number of aromatic hydroxyl groups is 1. The van der Waals surface area contributed by atoms with E-state index in [1.807, 2.05) is 13.0 Å². The van der Waals surface area contributed by atoms with Crippen molar-refractivity contribution < 1.29 is 13.9 Å². The highest BCUT2D eigenvalue weighted by Crippen LogP contribution is 2.55. The van der Waals surface area contributed by atoms with Gasteiger partial charge in [-0.05, 0) is 30.4 Å². The van der Waals surface area contributed by atoms with Crippen LogP contribution in [0.5, 0.6) is 5.75 Å². The van der Waals surface area contributed by atoms with Crippen molar-refractivity contribution in [3.8, 4) is 22.7 Å². The molecule has 4 atom stereocenters. The second-order valence-corrected chi connectivity index (χ2v) is 9.40. The van der Waals surface area contributed by atoms with Gasteiger partial charge < -0.3 is 10.0 Å². The minimum atomic E-state index is -1.04. The Morgan fingerprint density at radius 3 is 2.66 bits per heavy atom. The summed E-state index contributed by atoms with van der Waals surface area (Å²) in [4.78, 5) is 6.16. The Balaban J connectivity index is 1.37. The molecule has 32 heavy (non-hydrogen) atoms. The van der Waals surface area contributed by atoms with Gasteiger partial charge in [-0.3, -0.25) is 0 Å². The normalized spacial score (nSPS) is 28.8. The second kappa shape index (κ2) is 7.08. The summed E-state index contributed by atoms with van der Waals surface area (Å²) in [5.41, 5.74) is 0.792. The highest BCUT2D eigenvalue weighted by Gasteiger charge is 2.53. The maximum Gasteiger partial charge on any atom is 0.245 e. The van der Waals surface area contributed by atoms with Crippen molar-refractivity contribution in [1.29, 1.82) is 0 Å². The highest BCUT2D eigenvalue weighted by atomic mass is 19.1. The van der Waals surface area contributed by atoms with Crippen molar-refractivity contribution in [1.82, 2.24) is 25.0 Å². The number of hydrogen-bond donors (Lipinski definition) is 1. The average Bonchev–Trinajstić information content (AvgIpc) is 3.32. The molecule has 1 saturated carbocycles. The Kier molecular flexibility index (Phi) is 4.54. The molecule has 2 aliphatic carbocycles. The maximum atomic E-state index is 15.4. The van der Waals surface area contributed by atoms with E-state index in [1.54, 1.807) is 24.1 Å². The van der Waals surface area contributed by atoms with Crippen LogP contribution in [0.1, 0.15) is 26.7 Å². The van der Waals surface area contributed by atoms with E-state index in [4.69, 9.17) is 0 Å². The lowest BCUT2D eigenvalue weighted by atomic mass is 9.66. The first kappa shape index (κ1) is 20.5. The quantitative estimate of drug-likeness (QED) is 0.618. The molecule has 1 N–H and O–H groups in total. The molecule has 2 heterocycles. The number of aromatic nitrogens is 5. The Morgan fingerprint density at radius 1 is 1.19 bits per heavy atom. The van der Waals surface area contributed by atoms with Crippen LogP contribution in [0.25, 0.3) is 16.9 Å². The van der Waals surface area contributed by atoms with E-state index in [0.717, 1.165) is 12.6 Å². The van der Waals surface area contributed by atoms with Crippen molar-refractivity contribution in [2.24, 2.45) is 10.8 Å². The molecule has 1 fully saturated rings. The minimum Gasteiger partial charge on any atom is -0.507 e. The third-order valence-electron chi connectivity index (χ3n) is 6.73. The molecule has 1 aromatic carbocycles. The van der Waals surface area contributed by atoms with Crippen LogP contribution in [0.15, 0.2) is 48.9 Å². The Bertz CT molecular complexity index is 1200. The van der Waals surface area contributed by atoms with E-state index in [9.17, 15) is 9.50 Å². The number of allylic oxidation sites excluding steroid dienone is 2. The summed E-state index contributed by atoms with van der Waals surface area (Å²) in [5.74, 6) is -0.197. The molecule has 9 heteroatoms. The summed E-state index contributed by atoms with van der Waals surface area (Å²) in [6.45, 7) is 4.12. The van der Waals surface area contributed by atoms with E-state index in [-0.39, 0.29) is 17.2 Å². The largest absolute Gasteiger partial charge is 0.507 e. The Morgan fingerprint density at radius 2 is 2.00 bits per heavy atom. The van der Waals surface area contributed by atoms with E-state index in [1.165, 1.54) is 23.1 Å². The van der Waals surface area contributed by atoms with Gasteiger partial charge in [0.05, 0.1) is 30.3 Å². The molecular formula is C23H24F2N6O. The van der Waals surface area contributed by atoms with E-state index >= 15 is 4.39 Å². The molecule has 0 radical (unpaired) electrons. The first-order chi connectivity index (χ1) is 15.2. The van der Waals surface area contributed by atoms with Crippen molar-refractivity contribution in [3.05, 3.63) is 54.8 Å². The van der Waals surface area contributed by atoms with Crippen molar-refractivity contribution in [3.63, 3.8) is 0 Å². The summed E-state index contributed by atoms with van der Waals surface area (Å²) in [7, 11) is 1.79. The SMILES string of the molecule is CN(c1ncc(-c2ccc(-n3cc(F)cn3)cc2O)nn1)[C@H]1C[C@]2(C)C=C[C@@](C)(C2)[C@H]1F. The topological polar surface area (TPSA) is 80.0 Å². The van der Waals surface area contributed by atoms with Gasteiger partial charge in [-0.15, -0.1) is 10.2 Å². The number of halogens is 2. The molecule has 5 rings (SSSR count). The molecule has 2 aromatic heterocycles.